The van der Waals surface area contributed by atoms with E-state index in [1.165, 1.54) is 0 Å². The molecule has 20 heavy (non-hydrogen) atoms. The Morgan fingerprint density at radius 2 is 2.40 bits per heavy atom. The van der Waals surface area contributed by atoms with Crippen molar-refractivity contribution < 1.29 is 14.6 Å². The lowest BCUT2D eigenvalue weighted by atomic mass is 10.1. The van der Waals surface area contributed by atoms with Crippen LogP contribution in [0.3, 0.4) is 0 Å². The molecule has 1 amide bonds. The first kappa shape index (κ1) is 14.8. The Hall–Kier alpha value is -1.62. The molecule has 0 spiro atoms. The Labute approximate surface area is 119 Å². The zero-order chi connectivity index (χ0) is 14.8. The van der Waals surface area contributed by atoms with Gasteiger partial charge in [0.2, 0.25) is 5.88 Å². The molecule has 5 heteroatoms. The third kappa shape index (κ3) is 3.48. The maximum atomic E-state index is 12.4. The second-order valence-corrected chi connectivity index (χ2v) is 5.69. The topological polar surface area (TPSA) is 62.7 Å². The van der Waals surface area contributed by atoms with Crippen LogP contribution in [0.1, 0.15) is 44.0 Å². The molecule has 0 aliphatic carbocycles. The number of carbonyl (C=O) groups excluding carboxylic acids is 1. The Kier molecular flexibility index (Phi) is 4.28. The van der Waals surface area contributed by atoms with Crippen LogP contribution in [0.5, 0.6) is 5.88 Å². The number of rotatable bonds is 4. The molecule has 1 aromatic heterocycles. The van der Waals surface area contributed by atoms with Gasteiger partial charge >= 0.3 is 0 Å². The van der Waals surface area contributed by atoms with Crippen molar-refractivity contribution in [1.82, 2.24) is 9.88 Å². The first-order valence-electron chi connectivity index (χ1n) is 7.05. The van der Waals surface area contributed by atoms with Crippen LogP contribution < -0.4 is 4.74 Å². The summed E-state index contributed by atoms with van der Waals surface area (Å²) in [5.41, 5.74) is -0.227. The molecule has 1 saturated heterocycles. The number of likely N-dealkylation sites (tertiary alicyclic amines) is 1. The number of β-amino-alcohol motifs (C(OH)–C–C–N with tert-alkyl or cyclic N) is 1. The van der Waals surface area contributed by atoms with E-state index >= 15 is 0 Å². The molecule has 1 aliphatic heterocycles. The fourth-order valence-corrected chi connectivity index (χ4v) is 2.20. The smallest absolute Gasteiger partial charge is 0.254 e. The van der Waals surface area contributed by atoms with E-state index in [0.717, 1.165) is 6.42 Å². The van der Waals surface area contributed by atoms with E-state index in [2.05, 4.69) is 4.98 Å². The molecule has 1 aliphatic rings. The maximum absolute atomic E-state index is 12.4. The van der Waals surface area contributed by atoms with Crippen molar-refractivity contribution in [2.24, 2.45) is 0 Å². The number of pyridine rings is 1. The van der Waals surface area contributed by atoms with Crippen LogP contribution in [0, 0.1) is 0 Å². The van der Waals surface area contributed by atoms with Crippen LogP contribution in [-0.2, 0) is 0 Å². The monoisotopic (exact) mass is 278 g/mol. The third-order valence-electron chi connectivity index (χ3n) is 3.62. The number of hydrogen-bond donors (Lipinski definition) is 1. The predicted octanol–water partition coefficient (Wildman–Crippen LogP) is 1.86. The number of ether oxygens (including phenoxy) is 1. The first-order valence-corrected chi connectivity index (χ1v) is 7.05. The van der Waals surface area contributed by atoms with Gasteiger partial charge < -0.3 is 14.7 Å². The zero-order valence-electron chi connectivity index (χ0n) is 12.3. The molecular weight excluding hydrogens is 256 g/mol. The number of hydrogen-bond acceptors (Lipinski definition) is 4. The van der Waals surface area contributed by atoms with Crippen molar-refractivity contribution >= 4 is 5.91 Å². The zero-order valence-corrected chi connectivity index (χ0v) is 12.3. The van der Waals surface area contributed by atoms with Crippen molar-refractivity contribution in [3.05, 3.63) is 23.9 Å². The van der Waals surface area contributed by atoms with Gasteiger partial charge in [0, 0.05) is 30.9 Å². The average molecular weight is 278 g/mol. The molecule has 1 fully saturated rings. The quantitative estimate of drug-likeness (QED) is 0.913. The Morgan fingerprint density at radius 1 is 1.65 bits per heavy atom. The summed E-state index contributed by atoms with van der Waals surface area (Å²) in [5.74, 6) is 0.385. The van der Waals surface area contributed by atoms with Gasteiger partial charge in [-0.05, 0) is 32.8 Å². The average Bonchev–Trinajstić information content (AvgIpc) is 2.78. The van der Waals surface area contributed by atoms with E-state index in [4.69, 9.17) is 4.74 Å². The van der Waals surface area contributed by atoms with Gasteiger partial charge in [0.1, 0.15) is 0 Å². The summed E-state index contributed by atoms with van der Waals surface area (Å²) in [7, 11) is 0. The highest BCUT2D eigenvalue weighted by atomic mass is 16.5. The van der Waals surface area contributed by atoms with Crippen LogP contribution in [0.4, 0.5) is 0 Å². The van der Waals surface area contributed by atoms with E-state index in [1.54, 1.807) is 30.2 Å². The largest absolute Gasteiger partial charge is 0.475 e. The van der Waals surface area contributed by atoms with E-state index in [0.29, 0.717) is 31.0 Å². The maximum Gasteiger partial charge on any atom is 0.254 e. The lowest BCUT2D eigenvalue weighted by Crippen LogP contribution is -2.33. The minimum atomic E-state index is -0.779. The molecule has 2 atom stereocenters. The van der Waals surface area contributed by atoms with Gasteiger partial charge in [0.15, 0.2) is 0 Å². The summed E-state index contributed by atoms with van der Waals surface area (Å²) in [6.45, 7) is 6.70. The fraction of sp³-hybridized carbons (Fsp3) is 0.600. The normalized spacial score (nSPS) is 23.7. The Balaban J connectivity index is 2.09. The van der Waals surface area contributed by atoms with Crippen LogP contribution in [0.2, 0.25) is 0 Å². The van der Waals surface area contributed by atoms with E-state index in [9.17, 15) is 9.90 Å². The lowest BCUT2D eigenvalue weighted by molar-refractivity contribution is 0.0572. The van der Waals surface area contributed by atoms with Crippen molar-refractivity contribution in [1.29, 1.82) is 0 Å². The van der Waals surface area contributed by atoms with Crippen LogP contribution in [0.25, 0.3) is 0 Å². The number of nitrogens with zero attached hydrogens (tertiary/aromatic N) is 2. The Morgan fingerprint density at radius 3 is 3.00 bits per heavy atom. The fourth-order valence-electron chi connectivity index (χ4n) is 2.20. The number of aliphatic hydroxyl groups is 1. The van der Waals surface area contributed by atoms with E-state index < -0.39 is 5.60 Å². The van der Waals surface area contributed by atoms with Gasteiger partial charge in [-0.25, -0.2) is 4.98 Å². The highest BCUT2D eigenvalue weighted by Gasteiger charge is 2.34. The minimum absolute atomic E-state index is 0.0698. The molecule has 1 N–H and O–H groups in total. The minimum Gasteiger partial charge on any atom is -0.475 e. The van der Waals surface area contributed by atoms with Gasteiger partial charge in [-0.15, -0.1) is 0 Å². The summed E-state index contributed by atoms with van der Waals surface area (Å²) < 4.78 is 5.63. The van der Waals surface area contributed by atoms with Gasteiger partial charge in [-0.1, -0.05) is 6.92 Å². The number of amides is 1. The van der Waals surface area contributed by atoms with Gasteiger partial charge in [-0.2, -0.15) is 0 Å². The summed E-state index contributed by atoms with van der Waals surface area (Å²) in [4.78, 5) is 18.2. The molecule has 2 unspecified atom stereocenters. The van der Waals surface area contributed by atoms with Crippen molar-refractivity contribution in [3.8, 4) is 5.88 Å². The van der Waals surface area contributed by atoms with Crippen molar-refractivity contribution in [2.75, 3.05) is 13.1 Å². The molecular formula is C15H22N2O3. The summed E-state index contributed by atoms with van der Waals surface area (Å²) in [6, 6.07) is 3.35. The molecule has 0 bridgehead atoms. The summed E-state index contributed by atoms with van der Waals surface area (Å²) >= 11 is 0. The molecule has 110 valence electrons. The summed E-state index contributed by atoms with van der Waals surface area (Å²) in [5, 5.41) is 9.94. The number of carbonyl (C=O) groups is 1. The first-order chi connectivity index (χ1) is 9.41. The van der Waals surface area contributed by atoms with Gasteiger partial charge in [0.05, 0.1) is 11.7 Å². The Bertz CT molecular complexity index is 488. The van der Waals surface area contributed by atoms with Crippen LogP contribution in [0.15, 0.2) is 18.3 Å². The third-order valence-corrected chi connectivity index (χ3v) is 3.62. The standard InChI is InChI=1S/C15H22N2O3/c1-4-11(2)20-13-9-12(5-7-16-13)14(18)17-8-6-15(3,19)10-17/h5,7,9,11,19H,4,6,8,10H2,1-3H3. The highest BCUT2D eigenvalue weighted by Crippen LogP contribution is 2.23. The lowest BCUT2D eigenvalue weighted by Gasteiger charge is -2.19. The second kappa shape index (κ2) is 5.79. The predicted molar refractivity (Wildman–Crippen MR) is 75.8 cm³/mol. The molecule has 1 aromatic rings. The van der Waals surface area contributed by atoms with Crippen molar-refractivity contribution in [3.63, 3.8) is 0 Å². The van der Waals surface area contributed by atoms with E-state index in [-0.39, 0.29) is 12.0 Å². The second-order valence-electron chi connectivity index (χ2n) is 5.69. The van der Waals surface area contributed by atoms with Crippen LogP contribution >= 0.6 is 0 Å². The highest BCUT2D eigenvalue weighted by molar-refractivity contribution is 5.94. The van der Waals surface area contributed by atoms with Crippen molar-refractivity contribution in [2.45, 2.75) is 45.3 Å². The number of aromatic nitrogens is 1. The molecule has 0 saturated carbocycles. The van der Waals surface area contributed by atoms with Gasteiger partial charge in [-0.3, -0.25) is 4.79 Å². The summed E-state index contributed by atoms with van der Waals surface area (Å²) in [6.07, 6.45) is 3.15. The van der Waals surface area contributed by atoms with Crippen LogP contribution in [-0.4, -0.2) is 45.7 Å². The molecule has 5 nitrogen and oxygen atoms in total. The SMILES string of the molecule is CCC(C)Oc1cc(C(=O)N2CCC(C)(O)C2)ccn1. The molecule has 2 heterocycles. The molecule has 2 rings (SSSR count). The molecule has 0 aromatic carbocycles. The molecule has 0 radical (unpaired) electrons. The van der Waals surface area contributed by atoms with Gasteiger partial charge in [0.25, 0.3) is 5.91 Å². The van der Waals surface area contributed by atoms with E-state index in [1.807, 2.05) is 13.8 Å².